The minimum atomic E-state index is -0.243. The Morgan fingerprint density at radius 2 is 2.14 bits per heavy atom. The van der Waals surface area contributed by atoms with E-state index in [0.717, 1.165) is 52.4 Å². The van der Waals surface area contributed by atoms with Crippen molar-refractivity contribution < 1.29 is 13.9 Å². The Morgan fingerprint density at radius 1 is 1.27 bits per heavy atom. The number of ether oxygens (including phenoxy) is 1. The van der Waals surface area contributed by atoms with Gasteiger partial charge in [0.15, 0.2) is 0 Å². The van der Waals surface area contributed by atoms with E-state index in [1.807, 2.05) is 18.2 Å². The van der Waals surface area contributed by atoms with Crippen molar-refractivity contribution in [2.24, 2.45) is 0 Å². The van der Waals surface area contributed by atoms with E-state index in [9.17, 15) is 4.79 Å². The van der Waals surface area contributed by atoms with Crippen LogP contribution in [0.2, 0.25) is 5.02 Å². The van der Waals surface area contributed by atoms with Gasteiger partial charge in [0.05, 0.1) is 6.61 Å². The minimum absolute atomic E-state index is 0.243. The molecule has 0 N–H and O–H groups in total. The van der Waals surface area contributed by atoms with Gasteiger partial charge in [-0.05, 0) is 37.2 Å². The average molecular weight is 318 g/mol. The number of halogens is 1. The summed E-state index contributed by atoms with van der Waals surface area (Å²) in [6, 6.07) is 3.80. The van der Waals surface area contributed by atoms with Crippen LogP contribution in [0.5, 0.6) is 0 Å². The third-order valence-electron chi connectivity index (χ3n) is 4.38. The number of furan rings is 1. The first kappa shape index (κ1) is 13.9. The highest BCUT2D eigenvalue weighted by atomic mass is 35.5. The second-order valence-corrected chi connectivity index (χ2v) is 6.29. The molecule has 1 aromatic heterocycles. The highest BCUT2D eigenvalue weighted by molar-refractivity contribution is 6.32. The van der Waals surface area contributed by atoms with Gasteiger partial charge in [-0.1, -0.05) is 11.6 Å². The quantitative estimate of drug-likeness (QED) is 0.597. The highest BCUT2D eigenvalue weighted by Crippen LogP contribution is 2.37. The normalized spacial score (nSPS) is 20.6. The molecule has 2 aliphatic heterocycles. The summed E-state index contributed by atoms with van der Waals surface area (Å²) in [7, 11) is 2.08. The Balaban J connectivity index is 1.94. The maximum atomic E-state index is 11.7. The molecule has 5 heteroatoms. The first-order valence-electron chi connectivity index (χ1n) is 7.42. The molecule has 1 saturated heterocycles. The molecule has 4 nitrogen and oxygen atoms in total. The molecule has 0 radical (unpaired) electrons. The van der Waals surface area contributed by atoms with Crippen LogP contribution in [0, 0.1) is 0 Å². The fraction of sp³-hybridized carbons (Fsp3) is 0.353. The van der Waals surface area contributed by atoms with Crippen molar-refractivity contribution in [1.82, 2.24) is 4.90 Å². The third kappa shape index (κ3) is 2.14. The van der Waals surface area contributed by atoms with Crippen molar-refractivity contribution in [2.75, 3.05) is 20.2 Å². The molecule has 0 spiro atoms. The lowest BCUT2D eigenvalue weighted by atomic mass is 10.0. The summed E-state index contributed by atoms with van der Waals surface area (Å²) in [6.45, 7) is 2.19. The third-order valence-corrected chi connectivity index (χ3v) is 4.73. The zero-order valence-corrected chi connectivity index (χ0v) is 13.1. The van der Waals surface area contributed by atoms with E-state index >= 15 is 0 Å². The summed E-state index contributed by atoms with van der Waals surface area (Å²) in [5, 5.41) is 1.89. The van der Waals surface area contributed by atoms with Gasteiger partial charge >= 0.3 is 5.97 Å². The fourth-order valence-electron chi connectivity index (χ4n) is 3.23. The molecule has 0 amide bonds. The van der Waals surface area contributed by atoms with Crippen molar-refractivity contribution in [3.63, 3.8) is 0 Å². The molecular formula is C17H16ClNO3. The molecule has 0 bridgehead atoms. The van der Waals surface area contributed by atoms with E-state index < -0.39 is 0 Å². The molecule has 1 fully saturated rings. The van der Waals surface area contributed by atoms with E-state index in [0.29, 0.717) is 18.6 Å². The standard InChI is InChI=1S/C17H16ClNO3/c1-19-6-4-11-13(18)2-3-14-16(11)12(9-19)15(22-14)8-10-5-7-21-17(10)20/h2-3,8H,4-7,9H2,1H3/b10-8+. The van der Waals surface area contributed by atoms with Crippen LogP contribution >= 0.6 is 11.6 Å². The largest absolute Gasteiger partial charge is 0.462 e. The van der Waals surface area contributed by atoms with Crippen molar-refractivity contribution in [3.8, 4) is 0 Å². The Bertz CT molecular complexity index is 806. The molecule has 0 atom stereocenters. The van der Waals surface area contributed by atoms with Crippen LogP contribution in [-0.4, -0.2) is 31.1 Å². The molecule has 0 saturated carbocycles. The van der Waals surface area contributed by atoms with E-state index in [2.05, 4.69) is 11.9 Å². The number of carbonyl (C=O) groups excluding carboxylic acids is 1. The van der Waals surface area contributed by atoms with Gasteiger partial charge in [0.25, 0.3) is 0 Å². The van der Waals surface area contributed by atoms with E-state index in [4.69, 9.17) is 20.8 Å². The molecule has 0 unspecified atom stereocenters. The van der Waals surface area contributed by atoms with Crippen LogP contribution in [0.4, 0.5) is 0 Å². The molecule has 22 heavy (non-hydrogen) atoms. The lowest BCUT2D eigenvalue weighted by Gasteiger charge is -2.13. The fourth-order valence-corrected chi connectivity index (χ4v) is 3.48. The van der Waals surface area contributed by atoms with Gasteiger partial charge in [0.2, 0.25) is 0 Å². The highest BCUT2D eigenvalue weighted by Gasteiger charge is 2.25. The van der Waals surface area contributed by atoms with E-state index in [1.54, 1.807) is 0 Å². The number of cyclic esters (lactones) is 1. The van der Waals surface area contributed by atoms with E-state index in [-0.39, 0.29) is 5.97 Å². The lowest BCUT2D eigenvalue weighted by molar-refractivity contribution is -0.134. The monoisotopic (exact) mass is 317 g/mol. The second-order valence-electron chi connectivity index (χ2n) is 5.89. The van der Waals surface area contributed by atoms with Crippen molar-refractivity contribution in [2.45, 2.75) is 19.4 Å². The first-order chi connectivity index (χ1) is 10.6. The molecule has 114 valence electrons. The zero-order valence-electron chi connectivity index (χ0n) is 12.3. The van der Waals surface area contributed by atoms with Crippen LogP contribution in [0.25, 0.3) is 17.0 Å². The van der Waals surface area contributed by atoms with Crippen LogP contribution in [0.3, 0.4) is 0 Å². The summed E-state index contributed by atoms with van der Waals surface area (Å²) in [5.41, 5.74) is 3.76. The maximum Gasteiger partial charge on any atom is 0.334 e. The number of nitrogens with zero attached hydrogens (tertiary/aromatic N) is 1. The number of likely N-dealkylation sites (N-methyl/N-ethyl adjacent to an activating group) is 1. The van der Waals surface area contributed by atoms with Crippen molar-refractivity contribution in [3.05, 3.63) is 39.6 Å². The van der Waals surface area contributed by atoms with Gasteiger partial charge < -0.3 is 14.1 Å². The molecule has 2 aromatic rings. The summed E-state index contributed by atoms with van der Waals surface area (Å²) in [4.78, 5) is 13.9. The molecule has 0 aliphatic carbocycles. The Labute approximate surface area is 133 Å². The number of esters is 1. The topological polar surface area (TPSA) is 42.7 Å². The number of hydrogen-bond acceptors (Lipinski definition) is 4. The van der Waals surface area contributed by atoms with Gasteiger partial charge in [-0.2, -0.15) is 0 Å². The van der Waals surface area contributed by atoms with Crippen molar-refractivity contribution >= 4 is 34.6 Å². The van der Waals surface area contributed by atoms with Gasteiger partial charge in [0, 0.05) is 41.1 Å². The molecule has 4 rings (SSSR count). The number of carbonyl (C=O) groups is 1. The lowest BCUT2D eigenvalue weighted by Crippen LogP contribution is -2.18. The van der Waals surface area contributed by atoms with Crippen LogP contribution in [0.15, 0.2) is 22.1 Å². The van der Waals surface area contributed by atoms with E-state index in [1.165, 1.54) is 0 Å². The first-order valence-corrected chi connectivity index (χ1v) is 7.80. The Morgan fingerprint density at radius 3 is 2.91 bits per heavy atom. The van der Waals surface area contributed by atoms with Gasteiger partial charge in [0.1, 0.15) is 11.3 Å². The predicted octanol–water partition coefficient (Wildman–Crippen LogP) is 3.40. The summed E-state index contributed by atoms with van der Waals surface area (Å²) >= 11 is 6.38. The molecular weight excluding hydrogens is 302 g/mol. The summed E-state index contributed by atoms with van der Waals surface area (Å²) < 4.78 is 11.0. The molecule has 1 aromatic carbocycles. The van der Waals surface area contributed by atoms with Crippen LogP contribution < -0.4 is 0 Å². The molecule has 2 aliphatic rings. The number of benzene rings is 1. The van der Waals surface area contributed by atoms with Gasteiger partial charge in [-0.15, -0.1) is 0 Å². The summed E-state index contributed by atoms with van der Waals surface area (Å²) in [6.07, 6.45) is 3.37. The number of rotatable bonds is 1. The average Bonchev–Trinajstić information content (AvgIpc) is 2.98. The summed E-state index contributed by atoms with van der Waals surface area (Å²) in [5.74, 6) is 0.508. The minimum Gasteiger partial charge on any atom is -0.462 e. The van der Waals surface area contributed by atoms with Crippen LogP contribution in [0.1, 0.15) is 23.3 Å². The SMILES string of the molecule is CN1CCc2c(Cl)ccc3oc(/C=C4\CCOC4=O)c(c23)C1. The van der Waals surface area contributed by atoms with Crippen LogP contribution in [-0.2, 0) is 22.5 Å². The van der Waals surface area contributed by atoms with Gasteiger partial charge in [-0.3, -0.25) is 0 Å². The van der Waals surface area contributed by atoms with Gasteiger partial charge in [-0.25, -0.2) is 4.79 Å². The molecule has 3 heterocycles. The van der Waals surface area contributed by atoms with Crippen molar-refractivity contribution in [1.29, 1.82) is 0 Å². The zero-order chi connectivity index (χ0) is 15.3. The Kier molecular flexibility index (Phi) is 3.24. The Hall–Kier alpha value is -1.78. The second kappa shape index (κ2) is 5.14. The smallest absolute Gasteiger partial charge is 0.334 e. The maximum absolute atomic E-state index is 11.7. The predicted molar refractivity (Wildman–Crippen MR) is 84.8 cm³/mol. The number of hydrogen-bond donors (Lipinski definition) is 0.